The Balaban J connectivity index is 1.95. The predicted octanol–water partition coefficient (Wildman–Crippen LogP) is 2.11. The van der Waals surface area contributed by atoms with Crippen molar-refractivity contribution in [2.24, 2.45) is 0 Å². The van der Waals surface area contributed by atoms with E-state index >= 15 is 0 Å². The fourth-order valence-electron chi connectivity index (χ4n) is 2.02. The van der Waals surface area contributed by atoms with Crippen LogP contribution in [0.3, 0.4) is 0 Å². The molecule has 2 rings (SSSR count). The molecule has 0 fully saturated rings. The van der Waals surface area contributed by atoms with E-state index in [-0.39, 0.29) is 0 Å². The van der Waals surface area contributed by atoms with Gasteiger partial charge in [-0.25, -0.2) is 0 Å². The molecule has 0 saturated heterocycles. The number of nitriles is 1. The Morgan fingerprint density at radius 2 is 2.00 bits per heavy atom. The molecule has 1 aromatic rings. The van der Waals surface area contributed by atoms with E-state index in [1.807, 2.05) is 13.1 Å². The van der Waals surface area contributed by atoms with E-state index < -0.39 is 0 Å². The topological polar surface area (TPSA) is 45.5 Å². The lowest BCUT2D eigenvalue weighted by atomic mass is 10.0. The summed E-state index contributed by atoms with van der Waals surface area (Å²) in [5.41, 5.74) is 2.51. The van der Waals surface area contributed by atoms with Gasteiger partial charge in [-0.05, 0) is 43.7 Å². The minimum atomic E-state index is 0.320. The van der Waals surface area contributed by atoms with Gasteiger partial charge in [-0.15, -0.1) is 0 Å². The number of hydrogen-bond acceptors (Lipinski definition) is 4. The first-order chi connectivity index (χ1) is 8.70. The SMILES string of the molecule is Cc1cc2c(cc1CCN(C)CCC#N)OCO2. The number of hydrogen-bond donors (Lipinski definition) is 0. The third kappa shape index (κ3) is 2.93. The highest BCUT2D eigenvalue weighted by atomic mass is 16.7. The number of rotatable bonds is 5. The number of benzene rings is 1. The van der Waals surface area contributed by atoms with E-state index in [0.717, 1.165) is 31.0 Å². The molecule has 0 atom stereocenters. The average molecular weight is 246 g/mol. The Labute approximate surface area is 108 Å². The molecule has 0 radical (unpaired) electrons. The predicted molar refractivity (Wildman–Crippen MR) is 68.7 cm³/mol. The Bertz CT molecular complexity index is 466. The maximum Gasteiger partial charge on any atom is 0.231 e. The molecule has 0 bridgehead atoms. The van der Waals surface area contributed by atoms with Gasteiger partial charge in [-0.2, -0.15) is 5.26 Å². The molecule has 0 N–H and O–H groups in total. The van der Waals surface area contributed by atoms with Crippen LogP contribution in [0.25, 0.3) is 0 Å². The summed E-state index contributed by atoms with van der Waals surface area (Å²) < 4.78 is 10.7. The van der Waals surface area contributed by atoms with Gasteiger partial charge < -0.3 is 14.4 Å². The zero-order valence-electron chi connectivity index (χ0n) is 10.9. The lowest BCUT2D eigenvalue weighted by Crippen LogP contribution is -2.22. The van der Waals surface area contributed by atoms with Gasteiger partial charge in [0.05, 0.1) is 6.07 Å². The number of nitrogens with zero attached hydrogens (tertiary/aromatic N) is 2. The summed E-state index contributed by atoms with van der Waals surface area (Å²) in [6.45, 7) is 4.18. The van der Waals surface area contributed by atoms with E-state index in [4.69, 9.17) is 14.7 Å². The molecule has 0 aliphatic carbocycles. The van der Waals surface area contributed by atoms with E-state index in [1.54, 1.807) is 0 Å². The van der Waals surface area contributed by atoms with Gasteiger partial charge in [0.1, 0.15) is 0 Å². The Kier molecular flexibility index (Phi) is 4.06. The summed E-state index contributed by atoms with van der Waals surface area (Å²) in [6.07, 6.45) is 1.54. The average Bonchev–Trinajstić information content (AvgIpc) is 2.80. The maximum atomic E-state index is 8.54. The summed E-state index contributed by atoms with van der Waals surface area (Å²) in [7, 11) is 2.04. The summed E-state index contributed by atoms with van der Waals surface area (Å²) in [6, 6.07) is 6.26. The molecule has 1 aromatic carbocycles. The smallest absolute Gasteiger partial charge is 0.231 e. The van der Waals surface area contributed by atoms with Crippen molar-refractivity contribution >= 4 is 0 Å². The number of fused-ring (bicyclic) bond motifs is 1. The minimum absolute atomic E-state index is 0.320. The van der Waals surface area contributed by atoms with Gasteiger partial charge >= 0.3 is 0 Å². The molecular weight excluding hydrogens is 228 g/mol. The van der Waals surface area contributed by atoms with Gasteiger partial charge in [-0.1, -0.05) is 0 Å². The van der Waals surface area contributed by atoms with Crippen LogP contribution in [0.1, 0.15) is 17.5 Å². The lowest BCUT2D eigenvalue weighted by Gasteiger charge is -2.15. The van der Waals surface area contributed by atoms with E-state index in [9.17, 15) is 0 Å². The van der Waals surface area contributed by atoms with Crippen LogP contribution in [-0.4, -0.2) is 31.8 Å². The van der Waals surface area contributed by atoms with Gasteiger partial charge in [0.2, 0.25) is 6.79 Å². The zero-order valence-corrected chi connectivity index (χ0v) is 10.9. The number of likely N-dealkylation sites (N-methyl/N-ethyl adjacent to an activating group) is 1. The Morgan fingerprint density at radius 3 is 2.72 bits per heavy atom. The number of aryl methyl sites for hydroxylation is 1. The van der Waals surface area contributed by atoms with Crippen LogP contribution in [0.5, 0.6) is 11.5 Å². The normalized spacial score (nSPS) is 12.8. The monoisotopic (exact) mass is 246 g/mol. The first-order valence-corrected chi connectivity index (χ1v) is 6.15. The first-order valence-electron chi connectivity index (χ1n) is 6.15. The summed E-state index contributed by atoms with van der Waals surface area (Å²) in [4.78, 5) is 2.17. The maximum absolute atomic E-state index is 8.54. The molecule has 0 amide bonds. The third-order valence-electron chi connectivity index (χ3n) is 3.20. The highest BCUT2D eigenvalue weighted by Crippen LogP contribution is 2.34. The van der Waals surface area contributed by atoms with Crippen molar-refractivity contribution < 1.29 is 9.47 Å². The molecule has 4 heteroatoms. The second kappa shape index (κ2) is 5.74. The second-order valence-electron chi connectivity index (χ2n) is 4.59. The molecule has 1 aliphatic rings. The van der Waals surface area contributed by atoms with Crippen LogP contribution in [0.4, 0.5) is 0 Å². The molecule has 1 heterocycles. The molecular formula is C14H18N2O2. The molecule has 0 aromatic heterocycles. The van der Waals surface area contributed by atoms with Gasteiger partial charge in [0, 0.05) is 19.5 Å². The third-order valence-corrected chi connectivity index (χ3v) is 3.20. The molecule has 0 saturated carbocycles. The summed E-state index contributed by atoms with van der Waals surface area (Å²) in [5, 5.41) is 8.54. The van der Waals surface area contributed by atoms with Crippen molar-refractivity contribution in [3.63, 3.8) is 0 Å². The standard InChI is InChI=1S/C14H18N2O2/c1-11-8-13-14(18-10-17-13)9-12(11)4-7-16(2)6-3-5-15/h8-9H,3-4,6-7,10H2,1-2H3. The van der Waals surface area contributed by atoms with Crippen molar-refractivity contribution in [1.82, 2.24) is 4.90 Å². The molecule has 96 valence electrons. The first kappa shape index (κ1) is 12.7. The van der Waals surface area contributed by atoms with Crippen molar-refractivity contribution in [2.75, 3.05) is 26.9 Å². The van der Waals surface area contributed by atoms with Crippen LogP contribution in [-0.2, 0) is 6.42 Å². The lowest BCUT2D eigenvalue weighted by molar-refractivity contribution is 0.174. The molecule has 0 spiro atoms. The summed E-state index contributed by atoms with van der Waals surface area (Å²) >= 11 is 0. The highest BCUT2D eigenvalue weighted by Gasteiger charge is 2.15. The summed E-state index contributed by atoms with van der Waals surface area (Å²) in [5.74, 6) is 1.68. The Hall–Kier alpha value is -1.73. The van der Waals surface area contributed by atoms with E-state index in [0.29, 0.717) is 13.2 Å². The molecule has 1 aliphatic heterocycles. The fourth-order valence-corrected chi connectivity index (χ4v) is 2.02. The number of ether oxygens (including phenoxy) is 2. The van der Waals surface area contributed by atoms with Crippen molar-refractivity contribution in [3.8, 4) is 17.6 Å². The van der Waals surface area contributed by atoms with Crippen LogP contribution in [0, 0.1) is 18.3 Å². The van der Waals surface area contributed by atoms with Crippen LogP contribution in [0.15, 0.2) is 12.1 Å². The largest absolute Gasteiger partial charge is 0.454 e. The van der Waals surface area contributed by atoms with Gasteiger partial charge in [0.25, 0.3) is 0 Å². The quantitative estimate of drug-likeness (QED) is 0.798. The van der Waals surface area contributed by atoms with E-state index in [1.165, 1.54) is 11.1 Å². The van der Waals surface area contributed by atoms with Crippen LogP contribution >= 0.6 is 0 Å². The minimum Gasteiger partial charge on any atom is -0.454 e. The van der Waals surface area contributed by atoms with Crippen LogP contribution < -0.4 is 9.47 Å². The Morgan fingerprint density at radius 1 is 1.28 bits per heavy atom. The second-order valence-corrected chi connectivity index (χ2v) is 4.59. The van der Waals surface area contributed by atoms with E-state index in [2.05, 4.69) is 24.0 Å². The molecule has 4 nitrogen and oxygen atoms in total. The fraction of sp³-hybridized carbons (Fsp3) is 0.500. The zero-order chi connectivity index (χ0) is 13.0. The highest BCUT2D eigenvalue weighted by molar-refractivity contribution is 5.48. The molecule has 0 unspecified atom stereocenters. The van der Waals surface area contributed by atoms with Crippen molar-refractivity contribution in [3.05, 3.63) is 23.3 Å². The molecule has 18 heavy (non-hydrogen) atoms. The van der Waals surface area contributed by atoms with Gasteiger partial charge in [-0.3, -0.25) is 0 Å². The van der Waals surface area contributed by atoms with Crippen molar-refractivity contribution in [1.29, 1.82) is 5.26 Å². The van der Waals surface area contributed by atoms with Crippen molar-refractivity contribution in [2.45, 2.75) is 19.8 Å². The van der Waals surface area contributed by atoms with Gasteiger partial charge in [0.15, 0.2) is 11.5 Å². The van der Waals surface area contributed by atoms with Crippen LogP contribution in [0.2, 0.25) is 0 Å².